The van der Waals surface area contributed by atoms with E-state index in [4.69, 9.17) is 4.42 Å². The van der Waals surface area contributed by atoms with Gasteiger partial charge in [-0.15, -0.1) is 0 Å². The van der Waals surface area contributed by atoms with Crippen LogP contribution in [-0.2, 0) is 10.8 Å². The van der Waals surface area contributed by atoms with Crippen molar-refractivity contribution in [2.24, 2.45) is 0 Å². The zero-order chi connectivity index (χ0) is 49.9. The Bertz CT molecular complexity index is 4950. The molecule has 1 unspecified atom stereocenters. The van der Waals surface area contributed by atoms with Gasteiger partial charge in [0, 0.05) is 49.7 Å². The van der Waals surface area contributed by atoms with Crippen molar-refractivity contribution < 1.29 is 4.42 Å². The highest BCUT2D eigenvalue weighted by Crippen LogP contribution is 2.69. The fraction of sp³-hybridized carbons (Fsp3) is 0.0270. The first-order valence-corrected chi connectivity index (χ1v) is 26.9. The smallest absolute Gasteiger partial charge is 0.143 e. The van der Waals surface area contributed by atoms with Crippen LogP contribution in [0, 0.1) is 0 Å². The Kier molecular flexibility index (Phi) is 7.37. The molecular weight excluding hydrogens is 933 g/mol. The van der Waals surface area contributed by atoms with Gasteiger partial charge in [0.05, 0.1) is 27.6 Å². The van der Waals surface area contributed by atoms with Gasteiger partial charge in [-0.2, -0.15) is 0 Å². The van der Waals surface area contributed by atoms with E-state index in [1.165, 1.54) is 117 Å². The van der Waals surface area contributed by atoms with Crippen LogP contribution in [0.5, 0.6) is 0 Å². The molecule has 12 aromatic carbocycles. The van der Waals surface area contributed by atoms with Gasteiger partial charge in [-0.3, -0.25) is 0 Å². The molecule has 4 aliphatic carbocycles. The minimum absolute atomic E-state index is 0.477. The number of nitrogens with zero attached hydrogens (tertiary/aromatic N) is 2. The summed E-state index contributed by atoms with van der Waals surface area (Å²) >= 11 is 0. The summed E-state index contributed by atoms with van der Waals surface area (Å²) in [6, 6.07) is 96.1. The molecular formula is C74H42N2O. The van der Waals surface area contributed by atoms with E-state index in [0.29, 0.717) is 0 Å². The molecule has 0 N–H and O–H groups in total. The van der Waals surface area contributed by atoms with E-state index < -0.39 is 10.8 Å². The van der Waals surface area contributed by atoms with Gasteiger partial charge in [-0.25, -0.2) is 0 Å². The minimum atomic E-state index is -0.501. The average Bonchev–Trinajstić information content (AvgIpc) is 4.49. The maximum atomic E-state index is 6.63. The zero-order valence-corrected chi connectivity index (χ0v) is 41.6. The molecule has 3 heteroatoms. The number of aromatic nitrogens is 1. The minimum Gasteiger partial charge on any atom is -0.455 e. The third-order valence-electron chi connectivity index (χ3n) is 18.5. The van der Waals surface area contributed by atoms with Crippen LogP contribution in [0.3, 0.4) is 0 Å². The fourth-order valence-electron chi connectivity index (χ4n) is 15.8. The maximum Gasteiger partial charge on any atom is 0.143 e. The third kappa shape index (κ3) is 4.66. The van der Waals surface area contributed by atoms with E-state index in [2.05, 4.69) is 258 Å². The quantitative estimate of drug-likeness (QED) is 0.175. The van der Waals surface area contributed by atoms with Crippen molar-refractivity contribution in [1.82, 2.24) is 4.57 Å². The highest BCUT2D eigenvalue weighted by atomic mass is 16.3. The molecule has 2 aromatic heterocycles. The lowest BCUT2D eigenvalue weighted by Crippen LogP contribution is -2.31. The summed E-state index contributed by atoms with van der Waals surface area (Å²) in [6.07, 6.45) is 0. The Morgan fingerprint density at radius 1 is 0.312 bits per heavy atom. The maximum absolute atomic E-state index is 6.63. The van der Waals surface area contributed by atoms with Gasteiger partial charge in [0.1, 0.15) is 11.2 Å². The number of hydrogen-bond donors (Lipinski definition) is 0. The number of rotatable bonds is 4. The van der Waals surface area contributed by atoms with Crippen LogP contribution >= 0.6 is 0 Å². The second-order valence-electron chi connectivity index (χ2n) is 21.7. The van der Waals surface area contributed by atoms with E-state index in [9.17, 15) is 0 Å². The fourth-order valence-corrected chi connectivity index (χ4v) is 15.8. The molecule has 1 atom stereocenters. The number of fused-ring (bicyclic) bond motifs is 20. The zero-order valence-electron chi connectivity index (χ0n) is 41.6. The first kappa shape index (κ1) is 40.4. The van der Waals surface area contributed by atoms with Crippen molar-refractivity contribution in [2.45, 2.75) is 10.8 Å². The number of benzene rings is 12. The molecule has 2 spiro atoms. The molecule has 3 nitrogen and oxygen atoms in total. The first-order chi connectivity index (χ1) is 38.2. The van der Waals surface area contributed by atoms with Crippen molar-refractivity contribution >= 4 is 60.8 Å². The second-order valence-corrected chi connectivity index (χ2v) is 21.7. The molecule has 0 fully saturated rings. The number of anilines is 3. The molecule has 19 rings (SSSR count). The normalized spacial score (nSPS) is 15.7. The van der Waals surface area contributed by atoms with Gasteiger partial charge >= 0.3 is 0 Å². The molecule has 14 aromatic rings. The van der Waals surface area contributed by atoms with E-state index in [1.54, 1.807) is 0 Å². The SMILES string of the molecule is c1ccc2c(c1)-c1ccccc1C21c2ccccc2-c2ccc(N(c3ccc(-c4cccc5c4oc4ccccc45)cc3)c3cc4c5c(c3)-n3c6ccccc6c6cccc(c63)C53c5ccccc5-c5cccc-4c53)cc21. The Morgan fingerprint density at radius 3 is 1.57 bits per heavy atom. The van der Waals surface area contributed by atoms with Gasteiger partial charge in [-0.05, 0) is 138 Å². The van der Waals surface area contributed by atoms with Crippen LogP contribution in [0.1, 0.15) is 44.5 Å². The third-order valence-corrected chi connectivity index (χ3v) is 18.5. The van der Waals surface area contributed by atoms with E-state index in [-0.39, 0.29) is 0 Å². The molecule has 0 saturated heterocycles. The van der Waals surface area contributed by atoms with Gasteiger partial charge in [0.15, 0.2) is 0 Å². The molecule has 3 heterocycles. The summed E-state index contributed by atoms with van der Waals surface area (Å²) in [7, 11) is 0. The Labute approximate surface area is 443 Å². The first-order valence-electron chi connectivity index (χ1n) is 26.9. The van der Waals surface area contributed by atoms with Crippen LogP contribution in [0.4, 0.5) is 17.1 Å². The monoisotopic (exact) mass is 974 g/mol. The molecule has 5 aliphatic rings. The summed E-state index contributed by atoms with van der Waals surface area (Å²) in [5, 5.41) is 4.82. The molecule has 354 valence electrons. The summed E-state index contributed by atoms with van der Waals surface area (Å²) in [4.78, 5) is 2.54. The highest BCUT2D eigenvalue weighted by molar-refractivity contribution is 6.16. The second kappa shape index (κ2) is 14.0. The summed E-state index contributed by atoms with van der Waals surface area (Å²) in [6.45, 7) is 0. The molecule has 0 bridgehead atoms. The van der Waals surface area contributed by atoms with Crippen molar-refractivity contribution in [3.8, 4) is 61.3 Å². The number of para-hydroxylation sites is 4. The summed E-state index contributed by atoms with van der Waals surface area (Å²) in [5.41, 5.74) is 31.3. The standard InChI is InChI=1S/C74H42N2O/c1-7-27-60-48(16-1)49-17-2-8-28-61(49)73(60)62-29-9-3-18-50(62)52-39-38-45(41-65(52)73)75(44-36-34-43(35-37-44)47-22-13-26-58-54-21-6-12-33-68(54)77-72(47)58)46-40-59-56-24-14-23-55-51-19-4-10-30-63(51)74(69(55)56)64-31-15-25-57-53-20-5-11-32-66(53)76(71(57)64)67(42-46)70(59)74/h1-42H. The van der Waals surface area contributed by atoms with Crippen molar-refractivity contribution in [2.75, 3.05) is 4.90 Å². The van der Waals surface area contributed by atoms with Gasteiger partial charge in [-0.1, -0.05) is 206 Å². The number of hydrogen-bond acceptors (Lipinski definition) is 2. The molecule has 0 amide bonds. The lowest BCUT2D eigenvalue weighted by molar-refractivity contribution is 0.670. The van der Waals surface area contributed by atoms with Crippen molar-refractivity contribution in [3.63, 3.8) is 0 Å². The Balaban J connectivity index is 0.910. The van der Waals surface area contributed by atoms with Crippen molar-refractivity contribution in [1.29, 1.82) is 0 Å². The van der Waals surface area contributed by atoms with Crippen LogP contribution in [0.15, 0.2) is 259 Å². The van der Waals surface area contributed by atoms with Crippen LogP contribution in [0.25, 0.3) is 105 Å². The number of furan rings is 1. The molecule has 0 radical (unpaired) electrons. The lowest BCUT2D eigenvalue weighted by atomic mass is 9.68. The van der Waals surface area contributed by atoms with E-state index in [1.807, 2.05) is 6.07 Å². The summed E-state index contributed by atoms with van der Waals surface area (Å²) < 4.78 is 9.24. The lowest BCUT2D eigenvalue weighted by Gasteiger charge is -2.38. The van der Waals surface area contributed by atoms with Gasteiger partial charge < -0.3 is 13.9 Å². The predicted molar refractivity (Wildman–Crippen MR) is 314 cm³/mol. The summed E-state index contributed by atoms with van der Waals surface area (Å²) in [5.74, 6) is 0. The highest BCUT2D eigenvalue weighted by Gasteiger charge is 2.57. The van der Waals surface area contributed by atoms with E-state index >= 15 is 0 Å². The molecule has 77 heavy (non-hydrogen) atoms. The molecule has 0 saturated carbocycles. The van der Waals surface area contributed by atoms with Crippen molar-refractivity contribution in [3.05, 3.63) is 299 Å². The van der Waals surface area contributed by atoms with Gasteiger partial charge in [0.2, 0.25) is 0 Å². The van der Waals surface area contributed by atoms with Crippen LogP contribution in [-0.4, -0.2) is 4.57 Å². The van der Waals surface area contributed by atoms with Crippen LogP contribution in [0.2, 0.25) is 0 Å². The Morgan fingerprint density at radius 2 is 0.831 bits per heavy atom. The van der Waals surface area contributed by atoms with Gasteiger partial charge in [0.25, 0.3) is 0 Å². The van der Waals surface area contributed by atoms with Crippen LogP contribution < -0.4 is 4.90 Å². The Hall–Kier alpha value is -9.96. The average molecular weight is 975 g/mol. The van der Waals surface area contributed by atoms with E-state index in [0.717, 1.165) is 50.1 Å². The predicted octanol–water partition coefficient (Wildman–Crippen LogP) is 18.8. The molecule has 1 aliphatic heterocycles. The largest absolute Gasteiger partial charge is 0.455 e. The topological polar surface area (TPSA) is 21.3 Å².